The van der Waals surface area contributed by atoms with Crippen molar-refractivity contribution in [3.05, 3.63) is 21.3 Å². The number of ether oxygens (including phenoxy) is 1. The molecule has 0 radical (unpaired) electrons. The normalized spacial score (nSPS) is 18.9. The van der Waals surface area contributed by atoms with Gasteiger partial charge in [0.05, 0.1) is 10.6 Å². The molecule has 1 fully saturated rings. The number of carbonyl (C=O) groups excluding carboxylic acids is 1. The van der Waals surface area contributed by atoms with Crippen LogP contribution >= 0.6 is 34.5 Å². The Morgan fingerprint density at radius 2 is 2.24 bits per heavy atom. The number of hydrogen-bond acceptors (Lipinski definition) is 3. The molecule has 1 N–H and O–H groups in total. The lowest BCUT2D eigenvalue weighted by molar-refractivity contribution is 0.0435. The summed E-state index contributed by atoms with van der Waals surface area (Å²) in [5.41, 5.74) is -0.357. The average Bonchev–Trinajstić information content (AvgIpc) is 2.77. The van der Waals surface area contributed by atoms with Gasteiger partial charge in [-0.15, -0.1) is 22.9 Å². The van der Waals surface area contributed by atoms with Gasteiger partial charge in [0.25, 0.3) is 5.91 Å². The van der Waals surface area contributed by atoms with Crippen molar-refractivity contribution in [3.63, 3.8) is 0 Å². The number of halogens is 2. The highest BCUT2D eigenvalue weighted by Gasteiger charge is 2.34. The van der Waals surface area contributed by atoms with E-state index in [0.717, 1.165) is 12.8 Å². The maximum Gasteiger partial charge on any atom is 0.263 e. The zero-order valence-corrected chi connectivity index (χ0v) is 11.5. The van der Waals surface area contributed by atoms with Gasteiger partial charge >= 0.3 is 0 Å². The van der Waals surface area contributed by atoms with Crippen LogP contribution in [0.4, 0.5) is 0 Å². The lowest BCUT2D eigenvalue weighted by Gasteiger charge is -2.36. The van der Waals surface area contributed by atoms with Crippen molar-refractivity contribution in [3.8, 4) is 0 Å². The predicted octanol–water partition coefficient (Wildman–Crippen LogP) is 2.92. The zero-order valence-electron chi connectivity index (χ0n) is 9.17. The number of alkyl halides is 1. The molecule has 1 aromatic rings. The molecule has 2 heterocycles. The smallest absolute Gasteiger partial charge is 0.263 e. The molecule has 0 atom stereocenters. The molecule has 2 rings (SSSR count). The van der Waals surface area contributed by atoms with E-state index < -0.39 is 0 Å². The van der Waals surface area contributed by atoms with Crippen LogP contribution in [0.3, 0.4) is 0 Å². The third-order valence-electron chi connectivity index (χ3n) is 2.91. The first-order valence-electron chi connectivity index (χ1n) is 5.36. The van der Waals surface area contributed by atoms with Crippen molar-refractivity contribution >= 4 is 40.4 Å². The number of nitrogens with one attached hydrogen (secondary N) is 1. The molecule has 0 saturated carbocycles. The summed E-state index contributed by atoms with van der Waals surface area (Å²) in [5, 5.41) is 5.29. The van der Waals surface area contributed by atoms with Crippen LogP contribution in [-0.4, -0.2) is 30.5 Å². The molecule has 1 amide bonds. The van der Waals surface area contributed by atoms with Crippen molar-refractivity contribution < 1.29 is 9.53 Å². The van der Waals surface area contributed by atoms with E-state index in [2.05, 4.69) is 5.32 Å². The van der Waals surface area contributed by atoms with Crippen molar-refractivity contribution in [1.82, 2.24) is 5.32 Å². The summed E-state index contributed by atoms with van der Waals surface area (Å²) in [7, 11) is 0. The Morgan fingerprint density at radius 1 is 1.53 bits per heavy atom. The Morgan fingerprint density at radius 3 is 2.76 bits per heavy atom. The standard InChI is InChI=1S/C11H13Cl2NO2S/c12-7-11(2-4-16-5-3-11)14-10(15)9-8(13)1-6-17-9/h1,6H,2-5,7H2,(H,14,15). The van der Waals surface area contributed by atoms with Crippen molar-refractivity contribution in [2.75, 3.05) is 19.1 Å². The van der Waals surface area contributed by atoms with E-state index in [1.165, 1.54) is 11.3 Å². The molecule has 0 spiro atoms. The Kier molecular flexibility index (Phi) is 4.31. The van der Waals surface area contributed by atoms with E-state index in [1.807, 2.05) is 0 Å². The predicted molar refractivity (Wildman–Crippen MR) is 70.3 cm³/mol. The Hall–Kier alpha value is -0.290. The maximum atomic E-state index is 12.1. The number of hydrogen-bond donors (Lipinski definition) is 1. The monoisotopic (exact) mass is 293 g/mol. The van der Waals surface area contributed by atoms with Crippen LogP contribution < -0.4 is 5.32 Å². The third kappa shape index (κ3) is 2.94. The van der Waals surface area contributed by atoms with E-state index in [-0.39, 0.29) is 11.4 Å². The highest BCUT2D eigenvalue weighted by molar-refractivity contribution is 7.12. The second-order valence-electron chi connectivity index (χ2n) is 4.08. The van der Waals surface area contributed by atoms with E-state index in [9.17, 15) is 4.79 Å². The molecule has 3 nitrogen and oxygen atoms in total. The van der Waals surface area contributed by atoms with E-state index >= 15 is 0 Å². The van der Waals surface area contributed by atoms with Gasteiger partial charge in [0.15, 0.2) is 0 Å². The molecule has 1 aliphatic rings. The molecule has 1 saturated heterocycles. The Bertz CT molecular complexity index is 402. The SMILES string of the molecule is O=C(NC1(CCl)CCOCC1)c1sccc1Cl. The van der Waals surface area contributed by atoms with Crippen molar-refractivity contribution in [2.24, 2.45) is 0 Å². The first kappa shape index (κ1) is 13.1. The highest BCUT2D eigenvalue weighted by Crippen LogP contribution is 2.26. The fourth-order valence-corrected chi connectivity index (χ4v) is 3.18. The van der Waals surface area contributed by atoms with E-state index in [4.69, 9.17) is 27.9 Å². The molecule has 6 heteroatoms. The fraction of sp³-hybridized carbons (Fsp3) is 0.545. The lowest BCUT2D eigenvalue weighted by atomic mass is 9.92. The van der Waals surface area contributed by atoms with Crippen LogP contribution in [0, 0.1) is 0 Å². The van der Waals surface area contributed by atoms with Gasteiger partial charge in [-0.1, -0.05) is 11.6 Å². The summed E-state index contributed by atoms with van der Waals surface area (Å²) in [6, 6.07) is 1.72. The Labute approximate surface area is 114 Å². The van der Waals surface area contributed by atoms with Crippen LogP contribution in [0.1, 0.15) is 22.5 Å². The average molecular weight is 294 g/mol. The molecular formula is C11H13Cl2NO2S. The molecule has 0 unspecified atom stereocenters. The Balaban J connectivity index is 2.08. The first-order valence-corrected chi connectivity index (χ1v) is 7.15. The van der Waals surface area contributed by atoms with Crippen LogP contribution in [-0.2, 0) is 4.74 Å². The summed E-state index contributed by atoms with van der Waals surface area (Å²) in [4.78, 5) is 12.6. The van der Waals surface area contributed by atoms with Crippen LogP contribution in [0.2, 0.25) is 5.02 Å². The number of thiophene rings is 1. The maximum absolute atomic E-state index is 12.1. The summed E-state index contributed by atoms with van der Waals surface area (Å²) < 4.78 is 5.29. The van der Waals surface area contributed by atoms with E-state index in [1.54, 1.807) is 11.4 Å². The molecule has 1 aliphatic heterocycles. The zero-order chi connectivity index (χ0) is 12.3. The summed E-state index contributed by atoms with van der Waals surface area (Å²) in [5.74, 6) is 0.248. The molecule has 1 aromatic heterocycles. The molecule has 0 bridgehead atoms. The second-order valence-corrected chi connectivity index (χ2v) is 5.67. The molecular weight excluding hydrogens is 281 g/mol. The van der Waals surface area contributed by atoms with Crippen LogP contribution in [0.5, 0.6) is 0 Å². The van der Waals surface area contributed by atoms with Gasteiger partial charge in [-0.2, -0.15) is 0 Å². The summed E-state index contributed by atoms with van der Waals surface area (Å²) in [6.45, 7) is 1.26. The molecule has 0 aromatic carbocycles. The molecule has 17 heavy (non-hydrogen) atoms. The summed E-state index contributed by atoms with van der Waals surface area (Å²) >= 11 is 13.3. The molecule has 0 aliphatic carbocycles. The minimum atomic E-state index is -0.357. The van der Waals surface area contributed by atoms with Crippen molar-refractivity contribution in [2.45, 2.75) is 18.4 Å². The van der Waals surface area contributed by atoms with Crippen LogP contribution in [0.15, 0.2) is 11.4 Å². The second kappa shape index (κ2) is 5.57. The lowest BCUT2D eigenvalue weighted by Crippen LogP contribution is -2.53. The first-order chi connectivity index (χ1) is 8.17. The van der Waals surface area contributed by atoms with Gasteiger partial charge in [0.1, 0.15) is 4.88 Å². The van der Waals surface area contributed by atoms with Gasteiger partial charge in [-0.25, -0.2) is 0 Å². The van der Waals surface area contributed by atoms with Gasteiger partial charge < -0.3 is 10.1 Å². The summed E-state index contributed by atoms with van der Waals surface area (Å²) in [6.07, 6.45) is 1.48. The fourth-order valence-electron chi connectivity index (χ4n) is 1.81. The van der Waals surface area contributed by atoms with Gasteiger partial charge in [-0.05, 0) is 24.3 Å². The van der Waals surface area contributed by atoms with E-state index in [0.29, 0.717) is 29.0 Å². The van der Waals surface area contributed by atoms with Gasteiger partial charge in [0.2, 0.25) is 0 Å². The number of carbonyl (C=O) groups is 1. The number of amides is 1. The minimum Gasteiger partial charge on any atom is -0.381 e. The third-order valence-corrected chi connectivity index (χ3v) is 4.76. The quantitative estimate of drug-likeness (QED) is 0.870. The highest BCUT2D eigenvalue weighted by atomic mass is 35.5. The van der Waals surface area contributed by atoms with Gasteiger partial charge in [-0.3, -0.25) is 4.79 Å². The van der Waals surface area contributed by atoms with Gasteiger partial charge in [0, 0.05) is 19.1 Å². The molecule has 94 valence electrons. The van der Waals surface area contributed by atoms with Crippen LogP contribution in [0.25, 0.3) is 0 Å². The van der Waals surface area contributed by atoms with Crippen molar-refractivity contribution in [1.29, 1.82) is 0 Å². The number of rotatable bonds is 3. The minimum absolute atomic E-state index is 0.146. The topological polar surface area (TPSA) is 38.3 Å². The largest absolute Gasteiger partial charge is 0.381 e.